The fraction of sp³-hybridized carbons (Fsp3) is 0.409. The Kier molecular flexibility index (Phi) is 5.88. The Morgan fingerprint density at radius 3 is 2.39 bits per heavy atom. The Balaban J connectivity index is 1.37. The summed E-state index contributed by atoms with van der Waals surface area (Å²) in [7, 11) is 0. The van der Waals surface area contributed by atoms with Crippen LogP contribution in [0.2, 0.25) is 0 Å². The first-order chi connectivity index (χ1) is 15.6. The minimum Gasteiger partial charge on any atom is -0.444 e. The lowest BCUT2D eigenvalue weighted by molar-refractivity contribution is 0.0240. The van der Waals surface area contributed by atoms with Crippen molar-refractivity contribution in [3.05, 3.63) is 47.9 Å². The van der Waals surface area contributed by atoms with Crippen LogP contribution in [-0.4, -0.2) is 68.0 Å². The number of nitrogens with one attached hydrogen (secondary N) is 1. The number of halogens is 1. The van der Waals surface area contributed by atoms with Gasteiger partial charge in [-0.05, 0) is 27.7 Å². The quantitative estimate of drug-likeness (QED) is 0.647. The van der Waals surface area contributed by atoms with Crippen molar-refractivity contribution in [3.8, 4) is 0 Å². The van der Waals surface area contributed by atoms with E-state index in [9.17, 15) is 14.0 Å². The van der Waals surface area contributed by atoms with E-state index in [4.69, 9.17) is 4.74 Å². The molecule has 1 fully saturated rings. The van der Waals surface area contributed by atoms with E-state index in [0.29, 0.717) is 43.5 Å². The van der Waals surface area contributed by atoms with Crippen LogP contribution in [0.3, 0.4) is 0 Å². The maximum absolute atomic E-state index is 14.2. The first-order valence-corrected chi connectivity index (χ1v) is 10.6. The van der Waals surface area contributed by atoms with Crippen molar-refractivity contribution in [2.24, 2.45) is 0 Å². The summed E-state index contributed by atoms with van der Waals surface area (Å²) in [6, 6.07) is 1.22. The average molecular weight is 455 g/mol. The van der Waals surface area contributed by atoms with Crippen molar-refractivity contribution in [2.45, 2.75) is 33.3 Å². The number of rotatable bonds is 3. The monoisotopic (exact) mass is 455 g/mol. The van der Waals surface area contributed by atoms with E-state index in [1.807, 2.05) is 25.7 Å². The first kappa shape index (κ1) is 22.4. The normalized spacial score (nSPS) is 14.5. The summed E-state index contributed by atoms with van der Waals surface area (Å²) in [4.78, 5) is 41.1. The number of hydrogen-bond donors (Lipinski definition) is 1. The highest BCUT2D eigenvalue weighted by molar-refractivity contribution is 6.03. The molecule has 1 aliphatic rings. The molecule has 4 rings (SSSR count). The van der Waals surface area contributed by atoms with E-state index in [0.717, 1.165) is 0 Å². The highest BCUT2D eigenvalue weighted by Crippen LogP contribution is 2.18. The van der Waals surface area contributed by atoms with Crippen molar-refractivity contribution in [1.29, 1.82) is 0 Å². The molecule has 1 aliphatic heterocycles. The number of aryl methyl sites for hydroxylation is 1. The van der Waals surface area contributed by atoms with Crippen molar-refractivity contribution in [2.75, 3.05) is 36.4 Å². The number of hydrogen-bond acceptors (Lipinski definition) is 7. The Morgan fingerprint density at radius 1 is 1.09 bits per heavy atom. The standard InChI is InChI=1S/C22H26FN7O3/c1-14-12-30-13-16(9-17(23)18(30)26-14)27-19(31)15-10-24-20(25-11-15)28-5-7-29(8-6-28)21(32)33-22(2,3)4/h9-13H,5-8H2,1-4H3,(H,27,31). The van der Waals surface area contributed by atoms with Gasteiger partial charge < -0.3 is 24.3 Å². The summed E-state index contributed by atoms with van der Waals surface area (Å²) in [5.74, 6) is -0.512. The highest BCUT2D eigenvalue weighted by atomic mass is 19.1. The molecule has 0 radical (unpaired) electrons. The smallest absolute Gasteiger partial charge is 0.410 e. The summed E-state index contributed by atoms with van der Waals surface area (Å²) >= 11 is 0. The maximum atomic E-state index is 14.2. The Morgan fingerprint density at radius 2 is 1.76 bits per heavy atom. The Labute approximate surface area is 190 Å². The third-order valence-electron chi connectivity index (χ3n) is 5.00. The number of aromatic nitrogens is 4. The van der Waals surface area contributed by atoms with Crippen LogP contribution < -0.4 is 10.2 Å². The van der Waals surface area contributed by atoms with E-state index in [1.54, 1.807) is 24.2 Å². The maximum Gasteiger partial charge on any atom is 0.410 e. The molecule has 11 heteroatoms. The second-order valence-corrected chi connectivity index (χ2v) is 8.87. The van der Waals surface area contributed by atoms with Gasteiger partial charge in [-0.2, -0.15) is 0 Å². The average Bonchev–Trinajstić information content (AvgIpc) is 3.13. The zero-order valence-corrected chi connectivity index (χ0v) is 19.0. The fourth-order valence-corrected chi connectivity index (χ4v) is 3.47. The molecule has 1 saturated heterocycles. The molecule has 0 aromatic carbocycles. The molecular formula is C22H26FN7O3. The van der Waals surface area contributed by atoms with E-state index in [1.165, 1.54) is 22.9 Å². The van der Waals surface area contributed by atoms with Crippen molar-refractivity contribution >= 4 is 29.3 Å². The van der Waals surface area contributed by atoms with Gasteiger partial charge in [0.25, 0.3) is 5.91 Å². The predicted octanol–water partition coefficient (Wildman–Crippen LogP) is 2.88. The minimum absolute atomic E-state index is 0.199. The van der Waals surface area contributed by atoms with Gasteiger partial charge >= 0.3 is 6.09 Å². The van der Waals surface area contributed by atoms with E-state index >= 15 is 0 Å². The van der Waals surface area contributed by atoms with Gasteiger partial charge in [0.2, 0.25) is 5.95 Å². The molecule has 10 nitrogen and oxygen atoms in total. The molecule has 0 atom stereocenters. The Bertz CT molecular complexity index is 1180. The number of nitrogens with zero attached hydrogens (tertiary/aromatic N) is 6. The van der Waals surface area contributed by atoms with E-state index in [2.05, 4.69) is 20.3 Å². The van der Waals surface area contributed by atoms with Crippen LogP contribution in [-0.2, 0) is 4.74 Å². The molecule has 3 aromatic heterocycles. The number of pyridine rings is 1. The van der Waals surface area contributed by atoms with Crippen molar-refractivity contribution in [1.82, 2.24) is 24.3 Å². The predicted molar refractivity (Wildman–Crippen MR) is 120 cm³/mol. The van der Waals surface area contributed by atoms with Gasteiger partial charge in [-0.25, -0.2) is 24.1 Å². The molecule has 0 spiro atoms. The van der Waals surface area contributed by atoms with Crippen LogP contribution in [0.4, 0.5) is 20.8 Å². The van der Waals surface area contributed by atoms with Crippen molar-refractivity contribution in [3.63, 3.8) is 0 Å². The third-order valence-corrected chi connectivity index (χ3v) is 5.00. The molecule has 33 heavy (non-hydrogen) atoms. The summed E-state index contributed by atoms with van der Waals surface area (Å²) < 4.78 is 21.2. The summed E-state index contributed by atoms with van der Waals surface area (Å²) in [6.07, 6.45) is 5.78. The first-order valence-electron chi connectivity index (χ1n) is 10.6. The number of piperazine rings is 1. The molecule has 174 valence electrons. The molecule has 2 amide bonds. The lowest BCUT2D eigenvalue weighted by Crippen LogP contribution is -2.50. The van der Waals surface area contributed by atoms with Crippen LogP contribution >= 0.6 is 0 Å². The Hall–Kier alpha value is -3.76. The van der Waals surface area contributed by atoms with Gasteiger partial charge in [0.1, 0.15) is 5.60 Å². The molecule has 0 bridgehead atoms. The molecule has 1 N–H and O–H groups in total. The molecule has 0 aliphatic carbocycles. The van der Waals surface area contributed by atoms with E-state index < -0.39 is 17.3 Å². The third kappa shape index (κ3) is 5.18. The van der Waals surface area contributed by atoms with Crippen LogP contribution in [0.25, 0.3) is 5.65 Å². The van der Waals surface area contributed by atoms with Gasteiger partial charge in [-0.3, -0.25) is 4.79 Å². The zero-order valence-electron chi connectivity index (χ0n) is 19.0. The number of ether oxygens (including phenoxy) is 1. The highest BCUT2D eigenvalue weighted by Gasteiger charge is 2.26. The van der Waals surface area contributed by atoms with Crippen LogP contribution in [0.5, 0.6) is 0 Å². The zero-order chi connectivity index (χ0) is 23.8. The topological polar surface area (TPSA) is 105 Å². The van der Waals surface area contributed by atoms with Gasteiger partial charge in [0.05, 0.1) is 16.9 Å². The van der Waals surface area contributed by atoms with Crippen LogP contribution in [0.15, 0.2) is 30.9 Å². The summed E-state index contributed by atoms with van der Waals surface area (Å²) in [5, 5.41) is 2.66. The number of anilines is 2. The summed E-state index contributed by atoms with van der Waals surface area (Å²) in [6.45, 7) is 9.34. The molecular weight excluding hydrogens is 429 g/mol. The SMILES string of the molecule is Cc1cn2cc(NC(=O)c3cnc(N4CCN(C(=O)OC(C)(C)C)CC4)nc3)cc(F)c2n1. The number of amides is 2. The summed E-state index contributed by atoms with van der Waals surface area (Å²) in [5.41, 5.74) is 0.875. The number of carbonyl (C=O) groups excluding carboxylic acids is 2. The van der Waals surface area contributed by atoms with Gasteiger partial charge in [-0.15, -0.1) is 0 Å². The van der Waals surface area contributed by atoms with Crippen molar-refractivity contribution < 1.29 is 18.7 Å². The van der Waals surface area contributed by atoms with Gasteiger partial charge in [-0.1, -0.05) is 0 Å². The fourth-order valence-electron chi connectivity index (χ4n) is 3.47. The largest absolute Gasteiger partial charge is 0.444 e. The number of imidazole rings is 1. The molecule has 0 unspecified atom stereocenters. The van der Waals surface area contributed by atoms with E-state index in [-0.39, 0.29) is 17.3 Å². The van der Waals surface area contributed by atoms with Crippen LogP contribution in [0.1, 0.15) is 36.8 Å². The second kappa shape index (κ2) is 8.64. The van der Waals surface area contributed by atoms with Gasteiger partial charge in [0, 0.05) is 57.0 Å². The van der Waals surface area contributed by atoms with Crippen LogP contribution in [0, 0.1) is 12.7 Å². The second-order valence-electron chi connectivity index (χ2n) is 8.87. The number of fused-ring (bicyclic) bond motifs is 1. The molecule has 0 saturated carbocycles. The lowest BCUT2D eigenvalue weighted by atomic mass is 10.2. The van der Waals surface area contributed by atoms with Gasteiger partial charge in [0.15, 0.2) is 11.5 Å². The number of carbonyl (C=O) groups is 2. The molecule has 3 aromatic rings. The minimum atomic E-state index is -0.539. The lowest BCUT2D eigenvalue weighted by Gasteiger charge is -2.35. The molecule has 4 heterocycles.